The van der Waals surface area contributed by atoms with Crippen molar-refractivity contribution < 1.29 is 22.7 Å². The number of carbonyl (C=O) groups is 1. The van der Waals surface area contributed by atoms with Crippen LogP contribution in [0.25, 0.3) is 11.2 Å². The Balaban J connectivity index is 1.95. The molecule has 12 heteroatoms. The number of nitrogens with one attached hydrogen (secondary N) is 1. The molecule has 4 atom stereocenters. The minimum Gasteiger partial charge on any atom is -0.382 e. The fourth-order valence-electron chi connectivity index (χ4n) is 2.95. The van der Waals surface area contributed by atoms with Crippen LogP contribution in [0.4, 0.5) is 5.82 Å². The molecule has 3 heterocycles. The van der Waals surface area contributed by atoms with Gasteiger partial charge in [-0.1, -0.05) is 6.92 Å². The molecule has 2 aromatic rings. The Hall–Kier alpha value is -2.31. The minimum atomic E-state index is -3.71. The van der Waals surface area contributed by atoms with Crippen molar-refractivity contribution in [3.8, 4) is 0 Å². The molecule has 0 bridgehead atoms. The molecule has 2 aromatic heterocycles. The average Bonchev–Trinajstić information content (AvgIpc) is 3.07. The van der Waals surface area contributed by atoms with Gasteiger partial charge in [0, 0.05) is 13.0 Å². The van der Waals surface area contributed by atoms with Crippen LogP contribution in [0.2, 0.25) is 0 Å². The van der Waals surface area contributed by atoms with Crippen molar-refractivity contribution in [3.05, 3.63) is 12.7 Å². The lowest BCUT2D eigenvalue weighted by Crippen LogP contribution is -2.44. The van der Waals surface area contributed by atoms with Crippen molar-refractivity contribution in [3.63, 3.8) is 0 Å². The highest BCUT2D eigenvalue weighted by Crippen LogP contribution is 2.37. The van der Waals surface area contributed by atoms with Gasteiger partial charge in [0.15, 0.2) is 17.6 Å². The molecule has 0 unspecified atom stereocenters. The molecule has 0 aromatic carbocycles. The van der Waals surface area contributed by atoms with Gasteiger partial charge in [-0.05, 0) is 0 Å². The maximum absolute atomic E-state index is 12.2. The standard InChI is InChI=1S/C13H18N6O5S/c1-6-8(23-2)9(12(20)18-25(3,21)22)24-13(6)19-5-17-7-10(14)15-4-16-11(7)19/h4-6,8-9,13H,1-3H3,(H,18,20)(H2,14,15,16)/t6-,8+,9+,13-/m1/s1. The van der Waals surface area contributed by atoms with Crippen molar-refractivity contribution in [2.75, 3.05) is 19.1 Å². The molecule has 0 spiro atoms. The molecule has 1 aliphatic heterocycles. The van der Waals surface area contributed by atoms with Gasteiger partial charge in [-0.15, -0.1) is 0 Å². The number of imidazole rings is 1. The Morgan fingerprint density at radius 3 is 2.76 bits per heavy atom. The first-order valence-corrected chi connectivity index (χ1v) is 9.25. The molecular weight excluding hydrogens is 352 g/mol. The lowest BCUT2D eigenvalue weighted by molar-refractivity contribution is -0.136. The van der Waals surface area contributed by atoms with Crippen LogP contribution in [-0.2, 0) is 24.3 Å². The van der Waals surface area contributed by atoms with E-state index in [0.717, 1.165) is 6.26 Å². The van der Waals surface area contributed by atoms with Crippen molar-refractivity contribution in [1.82, 2.24) is 24.2 Å². The number of hydrogen-bond acceptors (Lipinski definition) is 9. The van der Waals surface area contributed by atoms with Gasteiger partial charge in [-0.2, -0.15) is 0 Å². The molecule has 25 heavy (non-hydrogen) atoms. The number of nitrogens with two attached hydrogens (primary N) is 1. The lowest BCUT2D eigenvalue weighted by atomic mass is 10.0. The van der Waals surface area contributed by atoms with Gasteiger partial charge >= 0.3 is 0 Å². The maximum Gasteiger partial charge on any atom is 0.265 e. The second kappa shape index (κ2) is 6.20. The van der Waals surface area contributed by atoms with Crippen LogP contribution in [0.5, 0.6) is 0 Å². The van der Waals surface area contributed by atoms with E-state index in [4.69, 9.17) is 15.2 Å². The molecular formula is C13H18N6O5S. The van der Waals surface area contributed by atoms with Crippen molar-refractivity contribution in [2.45, 2.75) is 25.4 Å². The fraction of sp³-hybridized carbons (Fsp3) is 0.538. The number of nitrogen functional groups attached to an aromatic ring is 1. The van der Waals surface area contributed by atoms with Crippen LogP contribution in [0.3, 0.4) is 0 Å². The number of hydrogen-bond donors (Lipinski definition) is 2. The summed E-state index contributed by atoms with van der Waals surface area (Å²) in [7, 11) is -2.28. The van der Waals surface area contributed by atoms with Crippen LogP contribution >= 0.6 is 0 Å². The van der Waals surface area contributed by atoms with Gasteiger partial charge in [0.2, 0.25) is 10.0 Å². The molecule has 1 saturated heterocycles. The van der Waals surface area contributed by atoms with Crippen molar-refractivity contribution >= 4 is 32.9 Å². The predicted octanol–water partition coefficient (Wildman–Crippen LogP) is -0.967. The first kappa shape index (κ1) is 17.5. The summed E-state index contributed by atoms with van der Waals surface area (Å²) in [6.07, 6.45) is 1.29. The largest absolute Gasteiger partial charge is 0.382 e. The van der Waals surface area contributed by atoms with Crippen LogP contribution < -0.4 is 10.5 Å². The molecule has 0 aliphatic carbocycles. The maximum atomic E-state index is 12.2. The summed E-state index contributed by atoms with van der Waals surface area (Å²) >= 11 is 0. The quantitative estimate of drug-likeness (QED) is 0.692. The lowest BCUT2D eigenvalue weighted by Gasteiger charge is -2.19. The van der Waals surface area contributed by atoms with Gasteiger partial charge in [-0.25, -0.2) is 23.4 Å². The third-order valence-corrected chi connectivity index (χ3v) is 4.60. The molecule has 0 radical (unpaired) electrons. The van der Waals surface area contributed by atoms with Gasteiger partial charge in [0.1, 0.15) is 18.1 Å². The normalized spacial score (nSPS) is 26.8. The number of fused-ring (bicyclic) bond motifs is 1. The van der Waals surface area contributed by atoms with E-state index in [2.05, 4.69) is 15.0 Å². The number of methoxy groups -OCH3 is 1. The second-order valence-corrected chi connectivity index (χ2v) is 7.58. The predicted molar refractivity (Wildman–Crippen MR) is 86.6 cm³/mol. The van der Waals surface area contributed by atoms with Gasteiger partial charge in [-0.3, -0.25) is 14.1 Å². The molecule has 0 saturated carbocycles. The van der Waals surface area contributed by atoms with E-state index in [1.54, 1.807) is 4.57 Å². The molecule has 3 N–H and O–H groups in total. The number of anilines is 1. The number of aromatic nitrogens is 4. The number of rotatable bonds is 4. The molecule has 1 fully saturated rings. The Bertz CT molecular complexity index is 913. The summed E-state index contributed by atoms with van der Waals surface area (Å²) in [4.78, 5) is 24.4. The topological polar surface area (TPSA) is 151 Å². The van der Waals surface area contributed by atoms with Crippen LogP contribution in [0, 0.1) is 5.92 Å². The number of sulfonamides is 1. The van der Waals surface area contributed by atoms with Crippen LogP contribution in [0.15, 0.2) is 12.7 Å². The Morgan fingerprint density at radius 2 is 2.12 bits per heavy atom. The summed E-state index contributed by atoms with van der Waals surface area (Å²) < 4.78 is 37.3. The Labute approximate surface area is 143 Å². The monoisotopic (exact) mass is 370 g/mol. The zero-order valence-electron chi connectivity index (χ0n) is 13.8. The minimum absolute atomic E-state index is 0.226. The van der Waals surface area contributed by atoms with E-state index in [1.807, 2.05) is 11.6 Å². The number of ether oxygens (including phenoxy) is 2. The SMILES string of the molecule is CO[C@H]1[C@@H](C)[C@H](n2cnc3c(N)ncnc32)O[C@@H]1C(=O)NS(C)(=O)=O. The molecule has 136 valence electrons. The smallest absolute Gasteiger partial charge is 0.265 e. The van der Waals surface area contributed by atoms with Crippen LogP contribution in [0.1, 0.15) is 13.2 Å². The first-order valence-electron chi connectivity index (χ1n) is 7.36. The Morgan fingerprint density at radius 1 is 1.40 bits per heavy atom. The summed E-state index contributed by atoms with van der Waals surface area (Å²) in [5.74, 6) is -0.847. The zero-order valence-corrected chi connectivity index (χ0v) is 14.6. The van der Waals surface area contributed by atoms with E-state index >= 15 is 0 Å². The number of carbonyl (C=O) groups excluding carboxylic acids is 1. The summed E-state index contributed by atoms with van der Waals surface area (Å²) in [5, 5.41) is 0. The number of nitrogens with zero attached hydrogens (tertiary/aromatic N) is 4. The first-order chi connectivity index (χ1) is 11.7. The van der Waals surface area contributed by atoms with Crippen molar-refractivity contribution in [2.24, 2.45) is 5.92 Å². The Kier molecular flexibility index (Phi) is 4.34. The highest BCUT2D eigenvalue weighted by Gasteiger charge is 2.47. The zero-order chi connectivity index (χ0) is 18.4. The number of amides is 1. The van der Waals surface area contributed by atoms with E-state index in [1.165, 1.54) is 19.8 Å². The van der Waals surface area contributed by atoms with Crippen LogP contribution in [-0.4, -0.2) is 59.4 Å². The highest BCUT2D eigenvalue weighted by atomic mass is 32.2. The third-order valence-electron chi connectivity index (χ3n) is 4.03. The fourth-order valence-corrected chi connectivity index (χ4v) is 3.44. The summed E-state index contributed by atoms with van der Waals surface area (Å²) in [6.45, 7) is 1.82. The van der Waals surface area contributed by atoms with Crippen molar-refractivity contribution in [1.29, 1.82) is 0 Å². The third kappa shape index (κ3) is 3.15. The summed E-state index contributed by atoms with van der Waals surface area (Å²) in [5.41, 5.74) is 6.64. The van der Waals surface area contributed by atoms with Gasteiger partial charge in [0.25, 0.3) is 5.91 Å². The molecule has 3 rings (SSSR count). The molecule has 1 aliphatic rings. The van der Waals surface area contributed by atoms with E-state index < -0.39 is 34.4 Å². The second-order valence-electron chi connectivity index (χ2n) is 5.83. The van der Waals surface area contributed by atoms with Gasteiger partial charge in [0.05, 0.1) is 18.7 Å². The highest BCUT2D eigenvalue weighted by molar-refractivity contribution is 7.89. The van der Waals surface area contributed by atoms with Gasteiger partial charge < -0.3 is 15.2 Å². The van der Waals surface area contributed by atoms with E-state index in [0.29, 0.717) is 11.2 Å². The van der Waals surface area contributed by atoms with E-state index in [9.17, 15) is 13.2 Å². The molecule has 11 nitrogen and oxygen atoms in total. The molecule has 1 amide bonds. The average molecular weight is 370 g/mol. The summed E-state index contributed by atoms with van der Waals surface area (Å²) in [6, 6.07) is 0. The van der Waals surface area contributed by atoms with E-state index in [-0.39, 0.29) is 11.7 Å².